The minimum Gasteiger partial charge on any atom is -0.335 e. The SMILES string of the molecule is Cc1c[nH]c(=O)n1-c1ccccc1NC(=O)NC1CCCCC1. The summed E-state index contributed by atoms with van der Waals surface area (Å²) in [5, 5.41) is 5.90. The molecule has 1 aromatic heterocycles. The summed E-state index contributed by atoms with van der Waals surface area (Å²) in [5.41, 5.74) is 1.85. The molecule has 0 saturated heterocycles. The topological polar surface area (TPSA) is 78.9 Å². The predicted molar refractivity (Wildman–Crippen MR) is 90.2 cm³/mol. The van der Waals surface area contributed by atoms with E-state index in [1.165, 1.54) is 19.3 Å². The lowest BCUT2D eigenvalue weighted by molar-refractivity contribution is 0.244. The zero-order valence-electron chi connectivity index (χ0n) is 13.3. The number of carbonyl (C=O) groups is 1. The van der Waals surface area contributed by atoms with Gasteiger partial charge in [-0.15, -0.1) is 0 Å². The third kappa shape index (κ3) is 3.47. The van der Waals surface area contributed by atoms with Crippen molar-refractivity contribution >= 4 is 11.7 Å². The molecule has 2 amide bonds. The number of rotatable bonds is 3. The lowest BCUT2D eigenvalue weighted by Crippen LogP contribution is -2.39. The molecule has 23 heavy (non-hydrogen) atoms. The van der Waals surface area contributed by atoms with Crippen LogP contribution in [-0.2, 0) is 0 Å². The Labute approximate surface area is 134 Å². The van der Waals surface area contributed by atoms with Gasteiger partial charge < -0.3 is 15.6 Å². The molecule has 0 unspecified atom stereocenters. The molecule has 6 nitrogen and oxygen atoms in total. The molecule has 0 atom stereocenters. The number of aryl methyl sites for hydroxylation is 1. The third-order valence-electron chi connectivity index (χ3n) is 4.29. The number of amides is 2. The van der Waals surface area contributed by atoms with Crippen LogP contribution in [0.4, 0.5) is 10.5 Å². The monoisotopic (exact) mass is 314 g/mol. The Bertz CT molecular complexity index is 741. The highest BCUT2D eigenvalue weighted by Gasteiger charge is 2.17. The molecule has 1 saturated carbocycles. The minimum atomic E-state index is -0.218. The van der Waals surface area contributed by atoms with Crippen molar-refractivity contribution in [3.05, 3.63) is 46.6 Å². The van der Waals surface area contributed by atoms with E-state index in [1.54, 1.807) is 16.8 Å². The Balaban J connectivity index is 1.78. The summed E-state index contributed by atoms with van der Waals surface area (Å²) in [4.78, 5) is 26.9. The number of para-hydroxylation sites is 2. The van der Waals surface area contributed by atoms with E-state index >= 15 is 0 Å². The summed E-state index contributed by atoms with van der Waals surface area (Å²) in [7, 11) is 0. The van der Waals surface area contributed by atoms with Gasteiger partial charge in [0.1, 0.15) is 0 Å². The van der Waals surface area contributed by atoms with Crippen molar-refractivity contribution < 1.29 is 4.79 Å². The fourth-order valence-electron chi connectivity index (χ4n) is 3.12. The molecule has 0 aliphatic heterocycles. The third-order valence-corrected chi connectivity index (χ3v) is 4.29. The van der Waals surface area contributed by atoms with Gasteiger partial charge in [0, 0.05) is 17.9 Å². The Kier molecular flexibility index (Phi) is 4.50. The van der Waals surface area contributed by atoms with Crippen molar-refractivity contribution in [3.8, 4) is 5.69 Å². The lowest BCUT2D eigenvalue weighted by Gasteiger charge is -2.23. The second-order valence-electron chi connectivity index (χ2n) is 6.02. The van der Waals surface area contributed by atoms with Crippen LogP contribution in [0.5, 0.6) is 0 Å². The van der Waals surface area contributed by atoms with E-state index in [4.69, 9.17) is 0 Å². The van der Waals surface area contributed by atoms with Crippen molar-refractivity contribution in [2.24, 2.45) is 0 Å². The van der Waals surface area contributed by atoms with Crippen molar-refractivity contribution in [2.75, 3.05) is 5.32 Å². The Morgan fingerprint density at radius 1 is 1.22 bits per heavy atom. The van der Waals surface area contributed by atoms with Gasteiger partial charge in [0.15, 0.2) is 0 Å². The number of benzene rings is 1. The van der Waals surface area contributed by atoms with Crippen LogP contribution in [-0.4, -0.2) is 21.6 Å². The summed E-state index contributed by atoms with van der Waals surface area (Å²) in [6, 6.07) is 7.33. The Hall–Kier alpha value is -2.50. The maximum absolute atomic E-state index is 12.3. The van der Waals surface area contributed by atoms with Crippen LogP contribution in [0.2, 0.25) is 0 Å². The highest BCUT2D eigenvalue weighted by molar-refractivity contribution is 5.91. The molecule has 0 spiro atoms. The van der Waals surface area contributed by atoms with Crippen molar-refractivity contribution in [1.82, 2.24) is 14.9 Å². The number of H-pyrrole nitrogens is 1. The van der Waals surface area contributed by atoms with Crippen LogP contribution >= 0.6 is 0 Å². The molecule has 3 N–H and O–H groups in total. The smallest absolute Gasteiger partial charge is 0.330 e. The van der Waals surface area contributed by atoms with E-state index in [1.807, 2.05) is 25.1 Å². The molecule has 1 aromatic carbocycles. The molecular formula is C17H22N4O2. The maximum atomic E-state index is 12.3. The quantitative estimate of drug-likeness (QED) is 0.814. The first-order chi connectivity index (χ1) is 11.1. The molecule has 2 aromatic rings. The van der Waals surface area contributed by atoms with E-state index in [9.17, 15) is 9.59 Å². The summed E-state index contributed by atoms with van der Waals surface area (Å²) in [5.74, 6) is 0. The fourth-order valence-corrected chi connectivity index (χ4v) is 3.12. The summed E-state index contributed by atoms with van der Waals surface area (Å²) in [6.45, 7) is 1.84. The van der Waals surface area contributed by atoms with Gasteiger partial charge in [-0.1, -0.05) is 31.4 Å². The van der Waals surface area contributed by atoms with Crippen molar-refractivity contribution in [3.63, 3.8) is 0 Å². The zero-order valence-corrected chi connectivity index (χ0v) is 13.3. The van der Waals surface area contributed by atoms with Gasteiger partial charge in [-0.25, -0.2) is 9.59 Å². The van der Waals surface area contributed by atoms with E-state index in [0.29, 0.717) is 11.4 Å². The summed E-state index contributed by atoms with van der Waals surface area (Å²) in [6.07, 6.45) is 7.30. The van der Waals surface area contributed by atoms with Crippen molar-refractivity contribution in [2.45, 2.75) is 45.1 Å². The van der Waals surface area contributed by atoms with E-state index in [-0.39, 0.29) is 17.8 Å². The standard InChI is InChI=1S/C17H22N4O2/c1-12-11-18-17(23)21(12)15-10-6-5-9-14(15)20-16(22)19-13-7-3-2-4-8-13/h5-6,9-11,13H,2-4,7-8H2,1H3,(H,18,23)(H2,19,20,22). The molecule has 1 fully saturated rings. The van der Waals surface area contributed by atoms with Gasteiger partial charge in [0.05, 0.1) is 11.4 Å². The second-order valence-corrected chi connectivity index (χ2v) is 6.02. The average molecular weight is 314 g/mol. The van der Waals surface area contributed by atoms with Crippen LogP contribution in [0.1, 0.15) is 37.8 Å². The lowest BCUT2D eigenvalue weighted by atomic mass is 9.96. The van der Waals surface area contributed by atoms with Gasteiger partial charge in [-0.3, -0.25) is 4.57 Å². The number of aromatic amines is 1. The molecule has 122 valence electrons. The van der Waals surface area contributed by atoms with E-state index < -0.39 is 0 Å². The highest BCUT2D eigenvalue weighted by atomic mass is 16.2. The van der Waals surface area contributed by atoms with Crippen LogP contribution in [0.25, 0.3) is 5.69 Å². The fraction of sp³-hybridized carbons (Fsp3) is 0.412. The molecule has 3 rings (SSSR count). The number of imidazole rings is 1. The average Bonchev–Trinajstić information content (AvgIpc) is 2.88. The zero-order chi connectivity index (χ0) is 16.2. The molecule has 1 aliphatic rings. The number of anilines is 1. The Morgan fingerprint density at radius 3 is 2.65 bits per heavy atom. The van der Waals surface area contributed by atoms with Gasteiger partial charge in [-0.2, -0.15) is 0 Å². The molecule has 1 heterocycles. The molecule has 6 heteroatoms. The van der Waals surface area contributed by atoms with E-state index in [2.05, 4.69) is 15.6 Å². The number of nitrogens with zero attached hydrogens (tertiary/aromatic N) is 1. The number of hydrogen-bond donors (Lipinski definition) is 3. The van der Waals surface area contributed by atoms with Crippen molar-refractivity contribution in [1.29, 1.82) is 0 Å². The number of urea groups is 1. The van der Waals surface area contributed by atoms with Crippen LogP contribution in [0.3, 0.4) is 0 Å². The number of hydrogen-bond acceptors (Lipinski definition) is 2. The van der Waals surface area contributed by atoms with Gasteiger partial charge in [0.2, 0.25) is 0 Å². The number of nitrogens with one attached hydrogen (secondary N) is 3. The normalized spacial score (nSPS) is 15.3. The molecule has 1 aliphatic carbocycles. The summed E-state index contributed by atoms with van der Waals surface area (Å²) < 4.78 is 1.55. The number of carbonyl (C=O) groups excluding carboxylic acids is 1. The van der Waals surface area contributed by atoms with Gasteiger partial charge >= 0.3 is 11.7 Å². The highest BCUT2D eigenvalue weighted by Crippen LogP contribution is 2.21. The molecule has 0 bridgehead atoms. The first-order valence-electron chi connectivity index (χ1n) is 8.09. The van der Waals surface area contributed by atoms with Crippen LogP contribution in [0.15, 0.2) is 35.3 Å². The minimum absolute atomic E-state index is 0.217. The second kappa shape index (κ2) is 6.73. The Morgan fingerprint density at radius 2 is 1.96 bits per heavy atom. The first-order valence-corrected chi connectivity index (χ1v) is 8.09. The first kappa shape index (κ1) is 15.4. The maximum Gasteiger partial charge on any atom is 0.330 e. The largest absolute Gasteiger partial charge is 0.335 e. The van der Waals surface area contributed by atoms with Crippen LogP contribution in [0, 0.1) is 6.92 Å². The summed E-state index contributed by atoms with van der Waals surface area (Å²) >= 11 is 0. The van der Waals surface area contributed by atoms with E-state index in [0.717, 1.165) is 18.5 Å². The van der Waals surface area contributed by atoms with Gasteiger partial charge in [0.25, 0.3) is 0 Å². The number of aromatic nitrogens is 2. The van der Waals surface area contributed by atoms with Crippen LogP contribution < -0.4 is 16.3 Å². The molecule has 0 radical (unpaired) electrons. The van der Waals surface area contributed by atoms with Gasteiger partial charge in [-0.05, 0) is 31.9 Å². The predicted octanol–water partition coefficient (Wildman–Crippen LogP) is 2.93. The molecular weight excluding hydrogens is 292 g/mol.